The van der Waals surface area contributed by atoms with Gasteiger partial charge < -0.3 is 14.2 Å². The van der Waals surface area contributed by atoms with Crippen LogP contribution in [0.25, 0.3) is 0 Å². The van der Waals surface area contributed by atoms with E-state index in [0.29, 0.717) is 12.0 Å². The molecule has 0 aliphatic heterocycles. The summed E-state index contributed by atoms with van der Waals surface area (Å²) in [5.74, 6) is -1.47. The summed E-state index contributed by atoms with van der Waals surface area (Å²) in [7, 11) is 0. The molecule has 0 amide bonds. The zero-order valence-electron chi connectivity index (χ0n) is 17.0. The van der Waals surface area contributed by atoms with Gasteiger partial charge in [-0.3, -0.25) is 14.4 Å². The van der Waals surface area contributed by atoms with Crippen molar-refractivity contribution in [2.45, 2.75) is 66.9 Å². The zero-order valence-corrected chi connectivity index (χ0v) is 17.0. The zero-order chi connectivity index (χ0) is 20.8. The van der Waals surface area contributed by atoms with Crippen molar-refractivity contribution >= 4 is 17.9 Å². The van der Waals surface area contributed by atoms with Crippen molar-refractivity contribution in [2.24, 2.45) is 0 Å². The number of hydrogen-bond donors (Lipinski definition) is 0. The average molecular weight is 378 g/mol. The quantitative estimate of drug-likeness (QED) is 0.183. The Morgan fingerprint density at radius 2 is 1.48 bits per heavy atom. The average Bonchev–Trinajstić information content (AvgIpc) is 2.53. The van der Waals surface area contributed by atoms with E-state index >= 15 is 0 Å². The van der Waals surface area contributed by atoms with Gasteiger partial charge in [0.15, 0.2) is 0 Å². The molecule has 0 rings (SSSR count). The summed E-state index contributed by atoms with van der Waals surface area (Å²) in [6.45, 7) is 9.94. The normalized spacial score (nSPS) is 13.1. The first-order valence-electron chi connectivity index (χ1n) is 8.79. The third kappa shape index (κ3) is 14.2. The second kappa shape index (κ2) is 13.6. The molecule has 0 aromatic rings. The minimum Gasteiger partial charge on any atom is -0.457 e. The lowest BCUT2D eigenvalue weighted by atomic mass is 10.0. The highest BCUT2D eigenvalue weighted by Crippen LogP contribution is 2.17. The van der Waals surface area contributed by atoms with Crippen LogP contribution >= 0.6 is 0 Å². The first kappa shape index (κ1) is 24.4. The van der Waals surface area contributed by atoms with E-state index in [1.165, 1.54) is 44.9 Å². The van der Waals surface area contributed by atoms with Crippen LogP contribution < -0.4 is 0 Å². The van der Waals surface area contributed by atoms with Gasteiger partial charge in [-0.1, -0.05) is 23.3 Å². The predicted molar refractivity (Wildman–Crippen MR) is 103 cm³/mol. The van der Waals surface area contributed by atoms with Crippen molar-refractivity contribution in [1.29, 1.82) is 0 Å². The molecule has 0 aliphatic carbocycles. The summed E-state index contributed by atoms with van der Waals surface area (Å²) >= 11 is 0. The molecule has 1 atom stereocenters. The Hall–Kier alpha value is -2.63. The number of carbonyl (C=O) groups excluding carboxylic acids is 3. The number of ether oxygens (including phenoxy) is 3. The summed E-state index contributed by atoms with van der Waals surface area (Å²) in [6, 6.07) is 0. The van der Waals surface area contributed by atoms with Crippen molar-refractivity contribution in [3.8, 4) is 0 Å². The number of hydrogen-bond acceptors (Lipinski definition) is 6. The third-order valence-corrected chi connectivity index (χ3v) is 3.31. The molecule has 0 radical (unpaired) electrons. The van der Waals surface area contributed by atoms with Crippen LogP contribution in [0.3, 0.4) is 0 Å². The first-order chi connectivity index (χ1) is 12.6. The molecule has 0 aromatic heterocycles. The molecule has 0 spiro atoms. The molecule has 0 saturated heterocycles. The standard InChI is InChI=1S/C21H30O6/c1-15(2)8-7-9-16(3)10-11-21(27-19(6)24)20(14-26-18(5)23)12-13-25-17(4)22/h8,10,12-14,21H,7,9,11H2,1-6H3/b13-12+,16-10+,20-14+/t21-/m1/s1. The lowest BCUT2D eigenvalue weighted by molar-refractivity contribution is -0.144. The van der Waals surface area contributed by atoms with Crippen LogP contribution in [0.4, 0.5) is 0 Å². The summed E-state index contributed by atoms with van der Waals surface area (Å²) in [6.07, 6.45) is 9.49. The van der Waals surface area contributed by atoms with Gasteiger partial charge in [0.25, 0.3) is 0 Å². The van der Waals surface area contributed by atoms with Crippen LogP contribution in [0.1, 0.15) is 60.8 Å². The maximum absolute atomic E-state index is 11.5. The van der Waals surface area contributed by atoms with Crippen LogP contribution in [-0.2, 0) is 28.6 Å². The molecule has 6 heteroatoms. The number of rotatable bonds is 10. The summed E-state index contributed by atoms with van der Waals surface area (Å²) in [5, 5.41) is 0. The highest BCUT2D eigenvalue weighted by molar-refractivity contribution is 5.68. The Morgan fingerprint density at radius 3 is 2.00 bits per heavy atom. The highest BCUT2D eigenvalue weighted by atomic mass is 16.5. The summed E-state index contributed by atoms with van der Waals surface area (Å²) < 4.78 is 15.0. The molecule has 0 N–H and O–H groups in total. The van der Waals surface area contributed by atoms with Gasteiger partial charge in [0.1, 0.15) is 12.4 Å². The minimum atomic E-state index is -0.674. The van der Waals surface area contributed by atoms with Crippen molar-refractivity contribution in [1.82, 2.24) is 0 Å². The fourth-order valence-electron chi connectivity index (χ4n) is 2.03. The molecule has 0 saturated carbocycles. The van der Waals surface area contributed by atoms with Crippen molar-refractivity contribution < 1.29 is 28.6 Å². The second-order valence-electron chi connectivity index (χ2n) is 6.34. The van der Waals surface area contributed by atoms with Crippen LogP contribution in [0.2, 0.25) is 0 Å². The Labute approximate surface area is 161 Å². The largest absolute Gasteiger partial charge is 0.457 e. The number of allylic oxidation sites excluding steroid dienone is 3. The monoisotopic (exact) mass is 378 g/mol. The topological polar surface area (TPSA) is 78.9 Å². The van der Waals surface area contributed by atoms with E-state index in [1.54, 1.807) is 0 Å². The van der Waals surface area contributed by atoms with Gasteiger partial charge in [-0.2, -0.15) is 0 Å². The highest BCUT2D eigenvalue weighted by Gasteiger charge is 2.16. The second-order valence-corrected chi connectivity index (χ2v) is 6.34. The first-order valence-corrected chi connectivity index (χ1v) is 8.79. The molecule has 150 valence electrons. The van der Waals surface area contributed by atoms with Gasteiger partial charge in [0, 0.05) is 32.8 Å². The van der Waals surface area contributed by atoms with Gasteiger partial charge >= 0.3 is 17.9 Å². The maximum atomic E-state index is 11.5. The molecule has 6 nitrogen and oxygen atoms in total. The summed E-state index contributed by atoms with van der Waals surface area (Å²) in [5.41, 5.74) is 2.82. The molecular weight excluding hydrogens is 348 g/mol. The number of esters is 3. The van der Waals surface area contributed by atoms with Gasteiger partial charge in [-0.05, 0) is 39.7 Å². The molecule has 0 unspecified atom stereocenters. The predicted octanol–water partition coefficient (Wildman–Crippen LogP) is 4.52. The SMILES string of the molecule is CC(=O)O/C=C/C(=C\OC(C)=O)[C@@H](C/C=C(\C)CCC=C(C)C)OC(C)=O. The van der Waals surface area contributed by atoms with Gasteiger partial charge in [-0.15, -0.1) is 0 Å². The van der Waals surface area contributed by atoms with E-state index in [1.807, 2.05) is 13.0 Å². The van der Waals surface area contributed by atoms with Crippen LogP contribution in [0.15, 0.2) is 47.5 Å². The van der Waals surface area contributed by atoms with Crippen LogP contribution in [-0.4, -0.2) is 24.0 Å². The van der Waals surface area contributed by atoms with Crippen molar-refractivity contribution in [2.75, 3.05) is 0 Å². The number of carbonyl (C=O) groups is 3. The Kier molecular flexibility index (Phi) is 12.2. The molecular formula is C21H30O6. The van der Waals surface area contributed by atoms with E-state index in [9.17, 15) is 14.4 Å². The van der Waals surface area contributed by atoms with Crippen molar-refractivity contribution in [3.05, 3.63) is 47.5 Å². The molecule has 0 aliphatic rings. The maximum Gasteiger partial charge on any atom is 0.307 e. The van der Waals surface area contributed by atoms with Crippen LogP contribution in [0, 0.1) is 0 Å². The van der Waals surface area contributed by atoms with E-state index in [-0.39, 0.29) is 0 Å². The molecule has 0 heterocycles. The minimum absolute atomic E-state index is 0.398. The van der Waals surface area contributed by atoms with E-state index < -0.39 is 24.0 Å². The Morgan fingerprint density at radius 1 is 0.852 bits per heavy atom. The van der Waals surface area contributed by atoms with Gasteiger partial charge in [0.05, 0.1) is 6.26 Å². The van der Waals surface area contributed by atoms with Crippen LogP contribution in [0.5, 0.6) is 0 Å². The van der Waals surface area contributed by atoms with E-state index in [4.69, 9.17) is 14.2 Å². The van der Waals surface area contributed by atoms with E-state index in [2.05, 4.69) is 19.9 Å². The fraction of sp³-hybridized carbons (Fsp3) is 0.476. The summed E-state index contributed by atoms with van der Waals surface area (Å²) in [4.78, 5) is 33.5. The van der Waals surface area contributed by atoms with Crippen molar-refractivity contribution in [3.63, 3.8) is 0 Å². The molecule has 0 fully saturated rings. The van der Waals surface area contributed by atoms with Gasteiger partial charge in [0.2, 0.25) is 0 Å². The lowest BCUT2D eigenvalue weighted by Crippen LogP contribution is -2.18. The smallest absolute Gasteiger partial charge is 0.307 e. The third-order valence-electron chi connectivity index (χ3n) is 3.31. The molecule has 27 heavy (non-hydrogen) atoms. The lowest BCUT2D eigenvalue weighted by Gasteiger charge is -2.17. The molecule has 0 bridgehead atoms. The Bertz CT molecular complexity index is 633. The van der Waals surface area contributed by atoms with E-state index in [0.717, 1.165) is 18.4 Å². The fourth-order valence-corrected chi connectivity index (χ4v) is 2.03. The molecule has 0 aromatic carbocycles. The van der Waals surface area contributed by atoms with Gasteiger partial charge in [-0.25, -0.2) is 0 Å². The Balaban J connectivity index is 5.34.